The van der Waals surface area contributed by atoms with E-state index in [4.69, 9.17) is 14.2 Å². The number of aryl methyl sites for hydroxylation is 2. The maximum absolute atomic E-state index is 13.5. The molecule has 11 nitrogen and oxygen atoms in total. The Morgan fingerprint density at radius 2 is 1.84 bits per heavy atom. The number of pyridine rings is 1. The van der Waals surface area contributed by atoms with Crippen molar-refractivity contribution in [2.75, 3.05) is 51.6 Å². The van der Waals surface area contributed by atoms with Crippen LogP contribution in [0.2, 0.25) is 0 Å². The fourth-order valence-corrected chi connectivity index (χ4v) is 5.34. The number of aromatic amines is 1. The molecule has 0 spiro atoms. The lowest BCUT2D eigenvalue weighted by Crippen LogP contribution is -2.49. The Morgan fingerprint density at radius 1 is 1.05 bits per heavy atom. The Balaban J connectivity index is 1.38. The van der Waals surface area contributed by atoms with Gasteiger partial charge in [0, 0.05) is 56.0 Å². The van der Waals surface area contributed by atoms with E-state index in [0.717, 1.165) is 31.6 Å². The first kappa shape index (κ1) is 24.4. The minimum absolute atomic E-state index is 0.171. The highest BCUT2D eigenvalue weighted by atomic mass is 16.7. The Morgan fingerprint density at radius 3 is 2.63 bits per heavy atom. The van der Waals surface area contributed by atoms with Crippen molar-refractivity contribution in [2.45, 2.75) is 26.4 Å². The van der Waals surface area contributed by atoms with E-state index in [2.05, 4.69) is 62.4 Å². The number of hydrogen-bond acceptors (Lipinski definition) is 9. The first-order valence-corrected chi connectivity index (χ1v) is 12.8. The molecular weight excluding hydrogens is 486 g/mol. The van der Waals surface area contributed by atoms with E-state index >= 15 is 0 Å². The molecule has 2 aliphatic rings. The van der Waals surface area contributed by atoms with Crippen LogP contribution < -0.4 is 19.9 Å². The summed E-state index contributed by atoms with van der Waals surface area (Å²) >= 11 is 0. The van der Waals surface area contributed by atoms with E-state index in [-0.39, 0.29) is 12.4 Å². The van der Waals surface area contributed by atoms with Gasteiger partial charge >= 0.3 is 0 Å². The standard InChI is InChI=1S/C27H31N7O4/c1-17-4-5-18(2)22(12-17)32-6-8-33(9-7-32)25(26-29-30-31-34(26)10-11-36-3)20-13-19-14-23-24(38-16-37-23)15-21(19)28-27(20)35/h4-5,12-15,25H,6-11,16H2,1-3H3,(H,28,35)/t25-/m1/s1. The van der Waals surface area contributed by atoms with Gasteiger partial charge in [-0.25, -0.2) is 4.68 Å². The SMILES string of the molecule is COCCn1nnnc1[C@@H](c1cc2cc3c(cc2[nH]c1=O)OCO3)N1CCN(c2cc(C)ccc2C)CC1. The quantitative estimate of drug-likeness (QED) is 0.395. The molecule has 38 heavy (non-hydrogen) atoms. The first-order valence-electron chi connectivity index (χ1n) is 12.8. The van der Waals surface area contributed by atoms with E-state index in [0.29, 0.717) is 41.6 Å². The molecule has 1 atom stereocenters. The van der Waals surface area contributed by atoms with Crippen LogP contribution in [0.1, 0.15) is 28.6 Å². The van der Waals surface area contributed by atoms with Crippen LogP contribution in [0.3, 0.4) is 0 Å². The Labute approximate surface area is 219 Å². The van der Waals surface area contributed by atoms with Gasteiger partial charge in [-0.15, -0.1) is 5.10 Å². The fraction of sp³-hybridized carbons (Fsp3) is 0.407. The van der Waals surface area contributed by atoms with E-state index in [1.807, 2.05) is 18.2 Å². The van der Waals surface area contributed by atoms with Gasteiger partial charge in [-0.2, -0.15) is 0 Å². The molecule has 0 radical (unpaired) electrons. The minimum Gasteiger partial charge on any atom is -0.454 e. The number of nitrogens with zero attached hydrogens (tertiary/aromatic N) is 6. The van der Waals surface area contributed by atoms with E-state index < -0.39 is 6.04 Å². The molecule has 198 valence electrons. The zero-order chi connectivity index (χ0) is 26.2. The van der Waals surface area contributed by atoms with Gasteiger partial charge in [0.15, 0.2) is 17.3 Å². The molecule has 4 heterocycles. The predicted molar refractivity (Wildman–Crippen MR) is 142 cm³/mol. The maximum atomic E-state index is 13.5. The number of H-pyrrole nitrogens is 1. The van der Waals surface area contributed by atoms with Gasteiger partial charge in [-0.3, -0.25) is 9.69 Å². The monoisotopic (exact) mass is 517 g/mol. The van der Waals surface area contributed by atoms with Gasteiger partial charge in [0.2, 0.25) is 6.79 Å². The smallest absolute Gasteiger partial charge is 0.253 e. The largest absolute Gasteiger partial charge is 0.454 e. The van der Waals surface area contributed by atoms with E-state index in [1.165, 1.54) is 16.8 Å². The molecule has 1 N–H and O–H groups in total. The number of hydrogen-bond donors (Lipinski definition) is 1. The molecule has 1 fully saturated rings. The molecule has 2 aromatic carbocycles. The average Bonchev–Trinajstić information content (AvgIpc) is 3.58. The molecule has 0 aliphatic carbocycles. The molecule has 4 aromatic rings. The normalized spacial score (nSPS) is 16.3. The molecule has 2 aromatic heterocycles. The first-order chi connectivity index (χ1) is 18.5. The van der Waals surface area contributed by atoms with Gasteiger partial charge in [0.05, 0.1) is 18.7 Å². The maximum Gasteiger partial charge on any atom is 0.253 e. The second-order valence-corrected chi connectivity index (χ2v) is 9.82. The van der Waals surface area contributed by atoms with Gasteiger partial charge < -0.3 is 24.1 Å². The topological polar surface area (TPSA) is 111 Å². The third-order valence-electron chi connectivity index (χ3n) is 7.36. The Bertz CT molecular complexity index is 1520. The summed E-state index contributed by atoms with van der Waals surface area (Å²) < 4.78 is 18.1. The molecular formula is C27H31N7O4. The van der Waals surface area contributed by atoms with Crippen LogP contribution in [0, 0.1) is 13.8 Å². The predicted octanol–water partition coefficient (Wildman–Crippen LogP) is 2.42. The van der Waals surface area contributed by atoms with Gasteiger partial charge in [-0.1, -0.05) is 12.1 Å². The molecule has 0 unspecified atom stereocenters. The van der Waals surface area contributed by atoms with Crippen molar-refractivity contribution in [3.63, 3.8) is 0 Å². The number of benzene rings is 2. The second kappa shape index (κ2) is 10.1. The number of tetrazole rings is 1. The van der Waals surface area contributed by atoms with Crippen molar-refractivity contribution in [3.05, 3.63) is 69.3 Å². The minimum atomic E-state index is -0.429. The molecule has 1 saturated heterocycles. The highest BCUT2D eigenvalue weighted by Gasteiger charge is 2.33. The Hall–Kier alpha value is -3.96. The lowest BCUT2D eigenvalue weighted by atomic mass is 10.0. The van der Waals surface area contributed by atoms with E-state index in [1.54, 1.807) is 11.8 Å². The molecule has 2 aliphatic heterocycles. The summed E-state index contributed by atoms with van der Waals surface area (Å²) in [5.41, 5.74) is 4.86. The number of anilines is 1. The third kappa shape index (κ3) is 4.48. The van der Waals surface area contributed by atoms with Crippen molar-refractivity contribution < 1.29 is 14.2 Å². The van der Waals surface area contributed by atoms with Crippen molar-refractivity contribution in [3.8, 4) is 11.5 Å². The van der Waals surface area contributed by atoms with Crippen LogP contribution >= 0.6 is 0 Å². The molecule has 0 bridgehead atoms. The van der Waals surface area contributed by atoms with Crippen LogP contribution in [-0.4, -0.2) is 76.8 Å². The number of fused-ring (bicyclic) bond motifs is 2. The summed E-state index contributed by atoms with van der Waals surface area (Å²) in [6.07, 6.45) is 0. The average molecular weight is 518 g/mol. The van der Waals surface area contributed by atoms with Gasteiger partial charge in [0.1, 0.15) is 6.04 Å². The molecule has 0 saturated carbocycles. The van der Waals surface area contributed by atoms with Crippen molar-refractivity contribution in [2.24, 2.45) is 0 Å². The van der Waals surface area contributed by atoms with Crippen LogP contribution in [0.15, 0.2) is 41.2 Å². The van der Waals surface area contributed by atoms with E-state index in [9.17, 15) is 4.79 Å². The van der Waals surface area contributed by atoms with Crippen LogP contribution in [0.25, 0.3) is 10.9 Å². The number of aromatic nitrogens is 5. The van der Waals surface area contributed by atoms with Crippen molar-refractivity contribution in [1.29, 1.82) is 0 Å². The summed E-state index contributed by atoms with van der Waals surface area (Å²) in [5.74, 6) is 1.91. The number of piperazine rings is 1. The zero-order valence-corrected chi connectivity index (χ0v) is 21.8. The summed E-state index contributed by atoms with van der Waals surface area (Å²) in [6, 6.07) is 11.8. The summed E-state index contributed by atoms with van der Waals surface area (Å²) in [5, 5.41) is 13.4. The summed E-state index contributed by atoms with van der Waals surface area (Å²) in [4.78, 5) is 21.3. The van der Waals surface area contributed by atoms with Crippen molar-refractivity contribution in [1.82, 2.24) is 30.1 Å². The number of ether oxygens (including phenoxy) is 3. The van der Waals surface area contributed by atoms with Crippen molar-refractivity contribution >= 4 is 16.6 Å². The van der Waals surface area contributed by atoms with Crippen LogP contribution in [-0.2, 0) is 11.3 Å². The lowest BCUT2D eigenvalue weighted by molar-refractivity contribution is 0.171. The Kier molecular flexibility index (Phi) is 6.46. The van der Waals surface area contributed by atoms with Gasteiger partial charge in [0.25, 0.3) is 5.56 Å². The zero-order valence-electron chi connectivity index (χ0n) is 21.8. The number of nitrogens with one attached hydrogen (secondary N) is 1. The molecule has 6 rings (SSSR count). The highest BCUT2D eigenvalue weighted by Crippen LogP contribution is 2.36. The fourth-order valence-electron chi connectivity index (χ4n) is 5.34. The molecule has 11 heteroatoms. The number of methoxy groups -OCH3 is 1. The lowest BCUT2D eigenvalue weighted by Gasteiger charge is -2.40. The second-order valence-electron chi connectivity index (χ2n) is 9.82. The summed E-state index contributed by atoms with van der Waals surface area (Å²) in [7, 11) is 1.65. The van der Waals surface area contributed by atoms with Gasteiger partial charge in [-0.05, 0) is 53.6 Å². The number of rotatable bonds is 7. The third-order valence-corrected chi connectivity index (χ3v) is 7.36. The van der Waals surface area contributed by atoms with Crippen LogP contribution in [0.4, 0.5) is 5.69 Å². The molecule has 0 amide bonds. The van der Waals surface area contributed by atoms with Crippen LogP contribution in [0.5, 0.6) is 11.5 Å². The summed E-state index contributed by atoms with van der Waals surface area (Å²) in [6.45, 7) is 8.52. The highest BCUT2D eigenvalue weighted by molar-refractivity contribution is 5.83.